The van der Waals surface area contributed by atoms with Gasteiger partial charge in [0.15, 0.2) is 0 Å². The lowest BCUT2D eigenvalue weighted by Crippen LogP contribution is -2.39. The summed E-state index contributed by atoms with van der Waals surface area (Å²) in [6, 6.07) is 0. The first kappa shape index (κ1) is 6.40. The Morgan fingerprint density at radius 3 is 3.00 bits per heavy atom. The summed E-state index contributed by atoms with van der Waals surface area (Å²) in [6.07, 6.45) is 0. The van der Waals surface area contributed by atoms with E-state index in [1.165, 1.54) is 5.70 Å². The molecule has 1 saturated heterocycles. The van der Waals surface area contributed by atoms with Gasteiger partial charge in [-0.2, -0.15) is 0 Å². The van der Waals surface area contributed by atoms with E-state index < -0.39 is 0 Å². The summed E-state index contributed by atoms with van der Waals surface area (Å²) in [6.45, 7) is 6.65. The number of nitrogens with one attached hydrogen (secondary N) is 1. The minimum Gasteiger partial charge on any atom is -0.369 e. The van der Waals surface area contributed by atoms with E-state index in [4.69, 9.17) is 0 Å². The van der Waals surface area contributed by atoms with Crippen molar-refractivity contribution in [2.45, 2.75) is 0 Å². The van der Waals surface area contributed by atoms with E-state index in [9.17, 15) is 0 Å². The maximum Gasteiger partial charge on any atom is 0.0696 e. The summed E-state index contributed by atoms with van der Waals surface area (Å²) in [4.78, 5) is 2.17. The molecule has 50 valence electrons. The molecule has 0 aromatic carbocycles. The van der Waals surface area contributed by atoms with E-state index in [-0.39, 0.29) is 0 Å². The van der Waals surface area contributed by atoms with Crippen LogP contribution in [-0.4, -0.2) is 31.6 Å². The maximum absolute atomic E-state index is 3.59. The zero-order valence-corrected chi connectivity index (χ0v) is 5.78. The van der Waals surface area contributed by atoms with Gasteiger partial charge in [0.1, 0.15) is 0 Å². The summed E-state index contributed by atoms with van der Waals surface area (Å²) in [5, 5.41) is 3.23. The molecule has 0 aromatic heterocycles. The Balaban J connectivity index is 2.59. The highest BCUT2D eigenvalue weighted by Crippen LogP contribution is 1.99. The molecule has 0 radical (unpaired) electrons. The SMILES string of the molecule is C=C=C1CNCCN1C. The topological polar surface area (TPSA) is 15.3 Å². The van der Waals surface area contributed by atoms with E-state index in [1.54, 1.807) is 0 Å². The molecular weight excluding hydrogens is 112 g/mol. The van der Waals surface area contributed by atoms with Crippen molar-refractivity contribution in [3.63, 3.8) is 0 Å². The molecular formula is C7H12N2. The molecule has 0 unspecified atom stereocenters. The number of hydrogen-bond donors (Lipinski definition) is 1. The Morgan fingerprint density at radius 2 is 2.56 bits per heavy atom. The van der Waals surface area contributed by atoms with Crippen molar-refractivity contribution in [1.82, 2.24) is 10.2 Å². The molecule has 0 aliphatic carbocycles. The Labute approximate surface area is 55.9 Å². The normalized spacial score (nSPS) is 19.7. The number of rotatable bonds is 0. The molecule has 1 aliphatic heterocycles. The maximum atomic E-state index is 3.59. The van der Waals surface area contributed by atoms with Gasteiger partial charge in [-0.15, -0.1) is 5.73 Å². The lowest BCUT2D eigenvalue weighted by molar-refractivity contribution is 0.359. The fraction of sp³-hybridized carbons (Fsp3) is 0.571. The Hall–Kier alpha value is -0.720. The number of likely N-dealkylation sites (N-methyl/N-ethyl adjacent to an activating group) is 1. The minimum absolute atomic E-state index is 0.917. The molecule has 0 aromatic rings. The van der Waals surface area contributed by atoms with Gasteiger partial charge in [-0.25, -0.2) is 0 Å². The highest BCUT2D eigenvalue weighted by Gasteiger charge is 2.07. The van der Waals surface area contributed by atoms with Crippen molar-refractivity contribution >= 4 is 0 Å². The molecule has 1 aliphatic rings. The number of nitrogens with zero attached hydrogens (tertiary/aromatic N) is 1. The van der Waals surface area contributed by atoms with Gasteiger partial charge in [-0.3, -0.25) is 0 Å². The summed E-state index contributed by atoms with van der Waals surface area (Å²) in [7, 11) is 2.06. The molecule has 2 nitrogen and oxygen atoms in total. The van der Waals surface area contributed by atoms with Crippen molar-refractivity contribution in [2.75, 3.05) is 26.7 Å². The smallest absolute Gasteiger partial charge is 0.0696 e. The van der Waals surface area contributed by atoms with Crippen LogP contribution in [-0.2, 0) is 0 Å². The van der Waals surface area contributed by atoms with Gasteiger partial charge in [0, 0.05) is 26.7 Å². The molecule has 0 atom stereocenters. The molecule has 1 N–H and O–H groups in total. The molecule has 0 spiro atoms. The third-order valence-corrected chi connectivity index (χ3v) is 1.58. The fourth-order valence-corrected chi connectivity index (χ4v) is 0.921. The van der Waals surface area contributed by atoms with Crippen LogP contribution in [0.1, 0.15) is 0 Å². The van der Waals surface area contributed by atoms with Crippen LogP contribution < -0.4 is 5.32 Å². The molecule has 1 rings (SSSR count). The van der Waals surface area contributed by atoms with Crippen molar-refractivity contribution in [3.05, 3.63) is 18.0 Å². The first-order chi connectivity index (χ1) is 4.34. The average molecular weight is 124 g/mol. The van der Waals surface area contributed by atoms with Crippen molar-refractivity contribution in [1.29, 1.82) is 0 Å². The standard InChI is InChI=1S/C7H12N2/c1-3-7-6-8-4-5-9(7)2/h8H,1,4-6H2,2H3. The fourth-order valence-electron chi connectivity index (χ4n) is 0.921. The van der Waals surface area contributed by atoms with E-state index in [0.717, 1.165) is 19.6 Å². The molecule has 1 heterocycles. The Bertz CT molecular complexity index is 145. The van der Waals surface area contributed by atoms with E-state index in [2.05, 4.69) is 29.6 Å². The van der Waals surface area contributed by atoms with E-state index in [1.807, 2.05) is 0 Å². The molecule has 9 heavy (non-hydrogen) atoms. The second-order valence-corrected chi connectivity index (χ2v) is 2.22. The van der Waals surface area contributed by atoms with Gasteiger partial charge < -0.3 is 10.2 Å². The summed E-state index contributed by atoms with van der Waals surface area (Å²) in [5.41, 5.74) is 4.05. The quantitative estimate of drug-likeness (QED) is 0.464. The predicted octanol–water partition coefficient (Wildman–Crippen LogP) is 0.190. The van der Waals surface area contributed by atoms with Crippen LogP contribution >= 0.6 is 0 Å². The first-order valence-electron chi connectivity index (χ1n) is 3.15. The number of piperazine rings is 1. The van der Waals surface area contributed by atoms with Crippen LogP contribution in [0, 0.1) is 0 Å². The summed E-state index contributed by atoms with van der Waals surface area (Å²) >= 11 is 0. The minimum atomic E-state index is 0.917. The van der Waals surface area contributed by atoms with Crippen molar-refractivity contribution in [2.24, 2.45) is 0 Å². The third kappa shape index (κ3) is 1.35. The van der Waals surface area contributed by atoms with Gasteiger partial charge in [-0.1, -0.05) is 6.58 Å². The second kappa shape index (κ2) is 2.72. The first-order valence-corrected chi connectivity index (χ1v) is 3.15. The largest absolute Gasteiger partial charge is 0.369 e. The van der Waals surface area contributed by atoms with Crippen LogP contribution in [0.25, 0.3) is 0 Å². The van der Waals surface area contributed by atoms with E-state index in [0.29, 0.717) is 0 Å². The van der Waals surface area contributed by atoms with Gasteiger partial charge in [0.25, 0.3) is 0 Å². The zero-order valence-electron chi connectivity index (χ0n) is 5.78. The lowest BCUT2D eigenvalue weighted by atomic mass is 10.3. The zero-order chi connectivity index (χ0) is 6.69. The molecule has 1 fully saturated rings. The van der Waals surface area contributed by atoms with Gasteiger partial charge in [-0.05, 0) is 0 Å². The molecule has 0 bridgehead atoms. The molecule has 2 heteroatoms. The summed E-state index contributed by atoms with van der Waals surface area (Å²) in [5.74, 6) is 0. The van der Waals surface area contributed by atoms with Crippen LogP contribution in [0.4, 0.5) is 0 Å². The number of hydrogen-bond acceptors (Lipinski definition) is 2. The van der Waals surface area contributed by atoms with E-state index >= 15 is 0 Å². The third-order valence-electron chi connectivity index (χ3n) is 1.58. The predicted molar refractivity (Wildman–Crippen MR) is 38.2 cm³/mol. The highest BCUT2D eigenvalue weighted by molar-refractivity contribution is 5.02. The molecule has 0 saturated carbocycles. The second-order valence-electron chi connectivity index (χ2n) is 2.22. The summed E-state index contributed by atoms with van der Waals surface area (Å²) < 4.78 is 0. The average Bonchev–Trinajstić information content (AvgIpc) is 1.89. The lowest BCUT2D eigenvalue weighted by Gasteiger charge is -2.26. The van der Waals surface area contributed by atoms with Crippen LogP contribution in [0.3, 0.4) is 0 Å². The van der Waals surface area contributed by atoms with Crippen LogP contribution in [0.2, 0.25) is 0 Å². The van der Waals surface area contributed by atoms with Gasteiger partial charge >= 0.3 is 0 Å². The van der Waals surface area contributed by atoms with Crippen LogP contribution in [0.5, 0.6) is 0 Å². The van der Waals surface area contributed by atoms with Crippen molar-refractivity contribution in [3.8, 4) is 0 Å². The van der Waals surface area contributed by atoms with Gasteiger partial charge in [0.2, 0.25) is 0 Å². The Morgan fingerprint density at radius 1 is 1.78 bits per heavy atom. The van der Waals surface area contributed by atoms with Crippen LogP contribution in [0.15, 0.2) is 18.0 Å². The highest BCUT2D eigenvalue weighted by atomic mass is 15.2. The van der Waals surface area contributed by atoms with Crippen molar-refractivity contribution < 1.29 is 0 Å². The Kier molecular flexibility index (Phi) is 1.93. The molecule has 0 amide bonds. The monoisotopic (exact) mass is 124 g/mol. The van der Waals surface area contributed by atoms with Gasteiger partial charge in [0.05, 0.1) is 5.70 Å².